The number of amides is 1. The lowest BCUT2D eigenvalue weighted by atomic mass is 10.2. The Morgan fingerprint density at radius 1 is 1.21 bits per heavy atom. The normalized spacial score (nSPS) is 10.4. The monoisotopic (exact) mass is 396 g/mol. The fraction of sp³-hybridized carbons (Fsp3) is 0.200. The molecule has 0 radical (unpaired) electrons. The SMILES string of the molecule is COc1ccccc1Oc1cc(NC(=O)CCn2nccc2C)cc([N+](=O)[O-])c1. The molecular formula is C20H20N4O5. The Morgan fingerprint density at radius 2 is 1.97 bits per heavy atom. The minimum Gasteiger partial charge on any atom is -0.493 e. The van der Waals surface area contributed by atoms with Crippen LogP contribution in [0.1, 0.15) is 12.1 Å². The summed E-state index contributed by atoms with van der Waals surface area (Å²) in [5.74, 6) is 0.812. The standard InChI is InChI=1S/C20H20N4O5/c1-14-7-9-21-23(14)10-8-20(25)22-15-11-16(24(26)27)13-17(12-15)29-19-6-4-3-5-18(19)28-2/h3-7,9,11-13H,8,10H2,1-2H3,(H,22,25). The summed E-state index contributed by atoms with van der Waals surface area (Å²) in [5.41, 5.74) is 1.02. The van der Waals surface area contributed by atoms with Crippen molar-refractivity contribution in [3.05, 3.63) is 70.5 Å². The van der Waals surface area contributed by atoms with Crippen molar-refractivity contribution in [2.24, 2.45) is 0 Å². The highest BCUT2D eigenvalue weighted by molar-refractivity contribution is 5.91. The van der Waals surface area contributed by atoms with Crippen molar-refractivity contribution in [3.8, 4) is 17.2 Å². The number of hydrogen-bond acceptors (Lipinski definition) is 6. The zero-order valence-electron chi connectivity index (χ0n) is 16.0. The first kappa shape index (κ1) is 19.9. The van der Waals surface area contributed by atoms with Gasteiger partial charge in [0.15, 0.2) is 11.5 Å². The molecule has 3 rings (SSSR count). The third kappa shape index (κ3) is 5.10. The highest BCUT2D eigenvalue weighted by Gasteiger charge is 2.14. The maximum atomic E-state index is 12.3. The molecule has 0 aliphatic heterocycles. The number of non-ortho nitro benzene ring substituents is 1. The van der Waals surface area contributed by atoms with Crippen molar-refractivity contribution >= 4 is 17.3 Å². The summed E-state index contributed by atoms with van der Waals surface area (Å²) in [4.78, 5) is 23.0. The number of nitro groups is 1. The molecule has 0 aliphatic carbocycles. The van der Waals surface area contributed by atoms with Gasteiger partial charge in [-0.15, -0.1) is 0 Å². The molecule has 0 unspecified atom stereocenters. The number of nitrogens with one attached hydrogen (secondary N) is 1. The average molecular weight is 396 g/mol. The van der Waals surface area contributed by atoms with Crippen LogP contribution in [-0.4, -0.2) is 27.7 Å². The lowest BCUT2D eigenvalue weighted by molar-refractivity contribution is -0.384. The van der Waals surface area contributed by atoms with Gasteiger partial charge < -0.3 is 14.8 Å². The Morgan fingerprint density at radius 3 is 2.62 bits per heavy atom. The van der Waals surface area contributed by atoms with E-state index >= 15 is 0 Å². The molecule has 1 heterocycles. The molecule has 0 bridgehead atoms. The van der Waals surface area contributed by atoms with Gasteiger partial charge in [-0.2, -0.15) is 5.10 Å². The molecule has 1 aromatic heterocycles. The highest BCUT2D eigenvalue weighted by atomic mass is 16.6. The van der Waals surface area contributed by atoms with Crippen LogP contribution in [0.3, 0.4) is 0 Å². The number of para-hydroxylation sites is 2. The van der Waals surface area contributed by atoms with Crippen LogP contribution in [0.5, 0.6) is 17.2 Å². The number of carbonyl (C=O) groups is 1. The summed E-state index contributed by atoms with van der Waals surface area (Å²) in [7, 11) is 1.50. The fourth-order valence-corrected chi connectivity index (χ4v) is 2.71. The van der Waals surface area contributed by atoms with Crippen molar-refractivity contribution in [1.82, 2.24) is 9.78 Å². The second-order valence-electron chi connectivity index (χ2n) is 6.22. The molecule has 0 atom stereocenters. The lowest BCUT2D eigenvalue weighted by Gasteiger charge is -2.12. The lowest BCUT2D eigenvalue weighted by Crippen LogP contribution is -2.15. The minimum absolute atomic E-state index is 0.175. The summed E-state index contributed by atoms with van der Waals surface area (Å²) < 4.78 is 12.7. The van der Waals surface area contributed by atoms with Crippen molar-refractivity contribution < 1.29 is 19.2 Å². The molecule has 3 aromatic rings. The van der Waals surface area contributed by atoms with Gasteiger partial charge in [-0.1, -0.05) is 12.1 Å². The maximum Gasteiger partial charge on any atom is 0.275 e. The molecule has 0 aliphatic rings. The number of nitro benzene ring substituents is 1. The quantitative estimate of drug-likeness (QED) is 0.456. The third-order valence-electron chi connectivity index (χ3n) is 4.16. The third-order valence-corrected chi connectivity index (χ3v) is 4.16. The van der Waals surface area contributed by atoms with E-state index in [1.54, 1.807) is 35.1 Å². The van der Waals surface area contributed by atoms with Crippen LogP contribution in [-0.2, 0) is 11.3 Å². The molecule has 9 heteroatoms. The van der Waals surface area contributed by atoms with E-state index in [-0.39, 0.29) is 29.5 Å². The molecular weight excluding hydrogens is 376 g/mol. The molecule has 0 fully saturated rings. The summed E-state index contributed by atoms with van der Waals surface area (Å²) in [6.45, 7) is 2.30. The van der Waals surface area contributed by atoms with Gasteiger partial charge in [0, 0.05) is 37.0 Å². The Kier molecular flexibility index (Phi) is 6.08. The first-order chi connectivity index (χ1) is 14.0. The number of benzene rings is 2. The van der Waals surface area contributed by atoms with Gasteiger partial charge in [-0.05, 0) is 25.1 Å². The number of aryl methyl sites for hydroxylation is 2. The van der Waals surface area contributed by atoms with Gasteiger partial charge in [0.05, 0.1) is 23.8 Å². The molecule has 1 N–H and O–H groups in total. The van der Waals surface area contributed by atoms with Crippen LogP contribution in [0.4, 0.5) is 11.4 Å². The zero-order chi connectivity index (χ0) is 20.8. The van der Waals surface area contributed by atoms with Gasteiger partial charge in [0.2, 0.25) is 5.91 Å². The predicted octanol–water partition coefficient (Wildman–Crippen LogP) is 3.93. The molecule has 2 aromatic carbocycles. The number of hydrogen-bond donors (Lipinski definition) is 1. The molecule has 150 valence electrons. The van der Waals surface area contributed by atoms with E-state index in [4.69, 9.17) is 9.47 Å². The van der Waals surface area contributed by atoms with Gasteiger partial charge in [-0.25, -0.2) is 0 Å². The van der Waals surface area contributed by atoms with Gasteiger partial charge in [0.25, 0.3) is 5.69 Å². The van der Waals surface area contributed by atoms with E-state index in [1.165, 1.54) is 25.3 Å². The number of ether oxygens (including phenoxy) is 2. The largest absolute Gasteiger partial charge is 0.493 e. The second-order valence-corrected chi connectivity index (χ2v) is 6.22. The first-order valence-electron chi connectivity index (χ1n) is 8.85. The van der Waals surface area contributed by atoms with E-state index in [0.717, 1.165) is 5.69 Å². The summed E-state index contributed by atoms with van der Waals surface area (Å²) >= 11 is 0. The highest BCUT2D eigenvalue weighted by Crippen LogP contribution is 2.34. The smallest absolute Gasteiger partial charge is 0.275 e. The van der Waals surface area contributed by atoms with Crippen LogP contribution in [0.15, 0.2) is 54.7 Å². The molecule has 9 nitrogen and oxygen atoms in total. The number of methoxy groups -OCH3 is 1. The van der Waals surface area contributed by atoms with Crippen LogP contribution < -0.4 is 14.8 Å². The Labute approximate surface area is 167 Å². The fourth-order valence-electron chi connectivity index (χ4n) is 2.71. The molecule has 0 saturated carbocycles. The summed E-state index contributed by atoms with van der Waals surface area (Å²) in [6.07, 6.45) is 1.84. The van der Waals surface area contributed by atoms with E-state index in [9.17, 15) is 14.9 Å². The summed E-state index contributed by atoms with van der Waals surface area (Å²) in [6, 6.07) is 12.9. The van der Waals surface area contributed by atoms with Crippen molar-refractivity contribution in [1.29, 1.82) is 0 Å². The van der Waals surface area contributed by atoms with Crippen LogP contribution in [0, 0.1) is 17.0 Å². The molecule has 29 heavy (non-hydrogen) atoms. The van der Waals surface area contributed by atoms with Gasteiger partial charge >= 0.3 is 0 Å². The molecule has 0 spiro atoms. The minimum atomic E-state index is -0.544. The Bertz CT molecular complexity index is 1030. The summed E-state index contributed by atoms with van der Waals surface area (Å²) in [5, 5.41) is 18.1. The van der Waals surface area contributed by atoms with Crippen LogP contribution in [0.25, 0.3) is 0 Å². The number of nitrogens with zero attached hydrogens (tertiary/aromatic N) is 3. The van der Waals surface area contributed by atoms with Crippen LogP contribution >= 0.6 is 0 Å². The van der Waals surface area contributed by atoms with E-state index < -0.39 is 4.92 Å². The van der Waals surface area contributed by atoms with Crippen molar-refractivity contribution in [2.75, 3.05) is 12.4 Å². The Hall–Kier alpha value is -3.88. The topological polar surface area (TPSA) is 109 Å². The number of anilines is 1. The van der Waals surface area contributed by atoms with Gasteiger partial charge in [-0.3, -0.25) is 19.6 Å². The number of carbonyl (C=O) groups excluding carboxylic acids is 1. The predicted molar refractivity (Wildman–Crippen MR) is 106 cm³/mol. The van der Waals surface area contributed by atoms with Crippen LogP contribution in [0.2, 0.25) is 0 Å². The van der Waals surface area contributed by atoms with Crippen molar-refractivity contribution in [3.63, 3.8) is 0 Å². The average Bonchev–Trinajstić information content (AvgIpc) is 3.11. The number of aromatic nitrogens is 2. The zero-order valence-corrected chi connectivity index (χ0v) is 16.0. The van der Waals surface area contributed by atoms with Crippen molar-refractivity contribution in [2.45, 2.75) is 19.9 Å². The maximum absolute atomic E-state index is 12.3. The van der Waals surface area contributed by atoms with Gasteiger partial charge in [0.1, 0.15) is 5.75 Å². The Balaban J connectivity index is 1.76. The van der Waals surface area contributed by atoms with E-state index in [0.29, 0.717) is 18.0 Å². The van der Waals surface area contributed by atoms with E-state index in [2.05, 4.69) is 10.4 Å². The van der Waals surface area contributed by atoms with E-state index in [1.807, 2.05) is 13.0 Å². The second kappa shape index (κ2) is 8.87. The number of rotatable bonds is 8. The molecule has 1 amide bonds. The molecule has 0 saturated heterocycles. The first-order valence-corrected chi connectivity index (χ1v) is 8.85.